The highest BCUT2D eigenvalue weighted by Gasteiger charge is 2.28. The monoisotopic (exact) mass is 298 g/mol. The lowest BCUT2D eigenvalue weighted by Gasteiger charge is -2.22. The maximum atomic E-state index is 12.7. The summed E-state index contributed by atoms with van der Waals surface area (Å²) in [6, 6.07) is 6.69. The zero-order valence-electron chi connectivity index (χ0n) is 12.0. The Bertz CT molecular complexity index is 557. The van der Waals surface area contributed by atoms with E-state index in [4.69, 9.17) is 10.5 Å². The Morgan fingerprint density at radius 3 is 2.90 bits per heavy atom. The number of ether oxygens (including phenoxy) is 1. The van der Waals surface area contributed by atoms with Gasteiger partial charge >= 0.3 is 0 Å². The van der Waals surface area contributed by atoms with Crippen LogP contribution in [0.5, 0.6) is 0 Å². The van der Waals surface area contributed by atoms with Crippen LogP contribution in [0.25, 0.3) is 0 Å². The van der Waals surface area contributed by atoms with Gasteiger partial charge < -0.3 is 10.5 Å². The lowest BCUT2D eigenvalue weighted by atomic mass is 10.1. The molecule has 2 unspecified atom stereocenters. The molecule has 0 radical (unpaired) electrons. The first kappa shape index (κ1) is 15.4. The predicted molar refractivity (Wildman–Crippen MR) is 77.8 cm³/mol. The molecule has 1 aromatic carbocycles. The molecule has 1 heterocycles. The van der Waals surface area contributed by atoms with Crippen molar-refractivity contribution in [2.45, 2.75) is 37.3 Å². The van der Waals surface area contributed by atoms with Crippen molar-refractivity contribution in [3.63, 3.8) is 0 Å². The van der Waals surface area contributed by atoms with Gasteiger partial charge in [0.1, 0.15) is 0 Å². The fourth-order valence-corrected chi connectivity index (χ4v) is 3.89. The Labute approximate surface area is 120 Å². The maximum absolute atomic E-state index is 12.7. The van der Waals surface area contributed by atoms with Crippen LogP contribution in [-0.4, -0.2) is 38.5 Å². The van der Waals surface area contributed by atoms with Crippen molar-refractivity contribution in [1.29, 1.82) is 0 Å². The smallest absolute Gasteiger partial charge is 0.243 e. The van der Waals surface area contributed by atoms with Crippen LogP contribution in [0.3, 0.4) is 0 Å². The quantitative estimate of drug-likeness (QED) is 0.918. The molecule has 1 saturated heterocycles. The molecule has 0 bridgehead atoms. The van der Waals surface area contributed by atoms with Crippen LogP contribution in [0.15, 0.2) is 29.2 Å². The zero-order valence-corrected chi connectivity index (χ0v) is 12.8. The highest BCUT2D eigenvalue weighted by Crippen LogP contribution is 2.21. The summed E-state index contributed by atoms with van der Waals surface area (Å²) in [5.74, 6) is 0. The van der Waals surface area contributed by atoms with Gasteiger partial charge in [-0.05, 0) is 38.0 Å². The summed E-state index contributed by atoms with van der Waals surface area (Å²) in [4.78, 5) is 0.307. The molecule has 112 valence electrons. The van der Waals surface area contributed by atoms with E-state index in [1.807, 2.05) is 19.9 Å². The van der Waals surface area contributed by atoms with Crippen molar-refractivity contribution >= 4 is 10.0 Å². The van der Waals surface area contributed by atoms with Gasteiger partial charge in [-0.3, -0.25) is 0 Å². The third kappa shape index (κ3) is 3.38. The minimum Gasteiger partial charge on any atom is -0.377 e. The van der Waals surface area contributed by atoms with Crippen molar-refractivity contribution in [1.82, 2.24) is 4.31 Å². The summed E-state index contributed by atoms with van der Waals surface area (Å²) < 4.78 is 32.4. The van der Waals surface area contributed by atoms with E-state index in [9.17, 15) is 8.42 Å². The highest BCUT2D eigenvalue weighted by atomic mass is 32.2. The number of benzene rings is 1. The first-order valence-electron chi connectivity index (χ1n) is 6.88. The standard InChI is InChI=1S/C14H22N2O3S/c1-11-10-16(7-4-8-19-11)20(17,18)14-6-3-5-13(9-14)12(2)15/h3,5-6,9,11-12H,4,7-8,10,15H2,1-2H3. The number of nitrogens with two attached hydrogens (primary N) is 1. The molecule has 0 spiro atoms. The lowest BCUT2D eigenvalue weighted by Crippen LogP contribution is -2.36. The van der Waals surface area contributed by atoms with E-state index in [0.717, 1.165) is 12.0 Å². The van der Waals surface area contributed by atoms with E-state index >= 15 is 0 Å². The first-order valence-corrected chi connectivity index (χ1v) is 8.32. The van der Waals surface area contributed by atoms with E-state index in [0.29, 0.717) is 24.6 Å². The highest BCUT2D eigenvalue weighted by molar-refractivity contribution is 7.89. The van der Waals surface area contributed by atoms with Gasteiger partial charge in [0, 0.05) is 25.7 Å². The van der Waals surface area contributed by atoms with E-state index in [2.05, 4.69) is 0 Å². The van der Waals surface area contributed by atoms with E-state index < -0.39 is 10.0 Å². The second-order valence-corrected chi connectivity index (χ2v) is 7.20. The van der Waals surface area contributed by atoms with Crippen LogP contribution >= 0.6 is 0 Å². The molecule has 1 fully saturated rings. The molecule has 1 aliphatic heterocycles. The molecule has 1 aromatic rings. The first-order chi connectivity index (χ1) is 9.41. The second kappa shape index (κ2) is 6.22. The SMILES string of the molecule is CC1CN(S(=O)(=O)c2cccc(C(C)N)c2)CCCO1. The Morgan fingerprint density at radius 1 is 1.45 bits per heavy atom. The molecule has 2 atom stereocenters. The Balaban J connectivity index is 2.31. The van der Waals surface area contributed by atoms with Gasteiger partial charge in [-0.25, -0.2) is 8.42 Å². The van der Waals surface area contributed by atoms with Gasteiger partial charge in [-0.1, -0.05) is 12.1 Å². The van der Waals surface area contributed by atoms with Gasteiger partial charge in [-0.15, -0.1) is 0 Å². The van der Waals surface area contributed by atoms with Crippen LogP contribution in [0, 0.1) is 0 Å². The lowest BCUT2D eigenvalue weighted by molar-refractivity contribution is 0.0752. The van der Waals surface area contributed by atoms with Crippen LogP contribution < -0.4 is 5.73 Å². The fraction of sp³-hybridized carbons (Fsp3) is 0.571. The van der Waals surface area contributed by atoms with Crippen molar-refractivity contribution in [2.24, 2.45) is 5.73 Å². The van der Waals surface area contributed by atoms with Gasteiger partial charge in [0.25, 0.3) is 0 Å². The van der Waals surface area contributed by atoms with Crippen LogP contribution in [0.2, 0.25) is 0 Å². The summed E-state index contributed by atoms with van der Waals surface area (Å²) in [6.45, 7) is 5.23. The Kier molecular flexibility index (Phi) is 4.80. The minimum atomic E-state index is -3.48. The largest absolute Gasteiger partial charge is 0.377 e. The molecule has 0 aromatic heterocycles. The topological polar surface area (TPSA) is 72.6 Å². The second-order valence-electron chi connectivity index (χ2n) is 5.26. The van der Waals surface area contributed by atoms with Crippen molar-refractivity contribution < 1.29 is 13.2 Å². The maximum Gasteiger partial charge on any atom is 0.243 e. The number of rotatable bonds is 3. The predicted octanol–water partition coefficient (Wildman–Crippen LogP) is 1.51. The molecule has 20 heavy (non-hydrogen) atoms. The normalized spacial score (nSPS) is 23.2. The van der Waals surface area contributed by atoms with E-state index in [-0.39, 0.29) is 12.1 Å². The van der Waals surface area contributed by atoms with Crippen molar-refractivity contribution in [2.75, 3.05) is 19.7 Å². The number of nitrogens with zero attached hydrogens (tertiary/aromatic N) is 1. The average Bonchev–Trinajstić information content (AvgIpc) is 2.64. The third-order valence-corrected chi connectivity index (χ3v) is 5.30. The van der Waals surface area contributed by atoms with Crippen LogP contribution in [0.4, 0.5) is 0 Å². The van der Waals surface area contributed by atoms with Crippen LogP contribution in [0.1, 0.15) is 31.9 Å². The fourth-order valence-electron chi connectivity index (χ4n) is 2.28. The molecule has 2 rings (SSSR count). The molecule has 6 heteroatoms. The Hall–Kier alpha value is -0.950. The molecule has 0 amide bonds. The summed E-state index contributed by atoms with van der Waals surface area (Å²) in [7, 11) is -3.48. The molecule has 5 nitrogen and oxygen atoms in total. The molecular weight excluding hydrogens is 276 g/mol. The molecule has 0 aliphatic carbocycles. The summed E-state index contributed by atoms with van der Waals surface area (Å²) >= 11 is 0. The van der Waals surface area contributed by atoms with Crippen LogP contribution in [-0.2, 0) is 14.8 Å². The molecule has 0 saturated carbocycles. The van der Waals surface area contributed by atoms with Gasteiger partial charge in [0.05, 0.1) is 11.0 Å². The van der Waals surface area contributed by atoms with Gasteiger partial charge in [0.15, 0.2) is 0 Å². The number of hydrogen-bond donors (Lipinski definition) is 1. The van der Waals surface area contributed by atoms with Crippen molar-refractivity contribution in [3.05, 3.63) is 29.8 Å². The minimum absolute atomic E-state index is 0.0797. The Morgan fingerprint density at radius 2 is 2.20 bits per heavy atom. The summed E-state index contributed by atoms with van der Waals surface area (Å²) in [5, 5.41) is 0. The summed E-state index contributed by atoms with van der Waals surface area (Å²) in [5.41, 5.74) is 6.65. The molecule has 2 N–H and O–H groups in total. The van der Waals surface area contributed by atoms with E-state index in [1.54, 1.807) is 18.2 Å². The van der Waals surface area contributed by atoms with Gasteiger partial charge in [-0.2, -0.15) is 4.31 Å². The summed E-state index contributed by atoms with van der Waals surface area (Å²) in [6.07, 6.45) is 0.639. The number of hydrogen-bond acceptors (Lipinski definition) is 4. The van der Waals surface area contributed by atoms with Crippen molar-refractivity contribution in [3.8, 4) is 0 Å². The van der Waals surface area contributed by atoms with E-state index in [1.165, 1.54) is 4.31 Å². The third-order valence-electron chi connectivity index (χ3n) is 3.44. The number of sulfonamides is 1. The average molecular weight is 298 g/mol. The molecule has 1 aliphatic rings. The molecular formula is C14H22N2O3S. The zero-order chi connectivity index (χ0) is 14.8. The van der Waals surface area contributed by atoms with Gasteiger partial charge in [0.2, 0.25) is 10.0 Å².